The van der Waals surface area contributed by atoms with Crippen molar-refractivity contribution in [3.63, 3.8) is 0 Å². The number of halogens is 1. The van der Waals surface area contributed by atoms with Gasteiger partial charge in [-0.1, -0.05) is 6.92 Å². The van der Waals surface area contributed by atoms with Gasteiger partial charge < -0.3 is 15.7 Å². The van der Waals surface area contributed by atoms with E-state index < -0.39 is 5.82 Å². The predicted octanol–water partition coefficient (Wildman–Crippen LogP) is 1.26. The molecule has 0 aromatic heterocycles. The first kappa shape index (κ1) is 12.8. The number of piperidine rings is 1. The van der Waals surface area contributed by atoms with Crippen LogP contribution in [0, 0.1) is 11.7 Å². The minimum absolute atomic E-state index is 0.0469. The molecule has 0 spiro atoms. The molecule has 5 heteroatoms. The molecular formula is C13H17FN2O2. The Morgan fingerprint density at radius 1 is 1.50 bits per heavy atom. The highest BCUT2D eigenvalue weighted by Crippen LogP contribution is 2.18. The van der Waals surface area contributed by atoms with Gasteiger partial charge in [-0.2, -0.15) is 0 Å². The number of phenols is 1. The maximum Gasteiger partial charge on any atom is 0.255 e. The lowest BCUT2D eigenvalue weighted by Crippen LogP contribution is -2.48. The Kier molecular flexibility index (Phi) is 3.81. The minimum Gasteiger partial charge on any atom is -0.507 e. The molecule has 0 aliphatic carbocycles. The number of aromatic hydroxyl groups is 1. The Morgan fingerprint density at radius 3 is 2.94 bits per heavy atom. The second-order valence-electron chi connectivity index (χ2n) is 4.83. The van der Waals surface area contributed by atoms with E-state index in [0.29, 0.717) is 5.92 Å². The zero-order valence-corrected chi connectivity index (χ0v) is 10.2. The number of phenolic OH excluding ortho intramolecular Hbond substituents is 1. The van der Waals surface area contributed by atoms with Crippen molar-refractivity contribution in [1.29, 1.82) is 0 Å². The molecule has 0 bridgehead atoms. The van der Waals surface area contributed by atoms with E-state index in [1.165, 1.54) is 6.07 Å². The Morgan fingerprint density at radius 2 is 2.28 bits per heavy atom. The van der Waals surface area contributed by atoms with E-state index in [2.05, 4.69) is 17.6 Å². The van der Waals surface area contributed by atoms with Gasteiger partial charge in [-0.05, 0) is 31.0 Å². The fourth-order valence-electron chi connectivity index (χ4n) is 2.23. The highest BCUT2D eigenvalue weighted by Gasteiger charge is 2.21. The molecule has 98 valence electrons. The number of amides is 1. The van der Waals surface area contributed by atoms with Gasteiger partial charge >= 0.3 is 0 Å². The normalized spacial score (nSPS) is 23.7. The maximum absolute atomic E-state index is 12.8. The molecule has 2 atom stereocenters. The summed E-state index contributed by atoms with van der Waals surface area (Å²) in [7, 11) is 0. The molecule has 3 N–H and O–H groups in total. The number of hydrogen-bond acceptors (Lipinski definition) is 3. The molecule has 1 saturated heterocycles. The zero-order chi connectivity index (χ0) is 13.1. The first-order valence-electron chi connectivity index (χ1n) is 6.06. The molecule has 1 aliphatic heterocycles. The van der Waals surface area contributed by atoms with Gasteiger partial charge in [-0.15, -0.1) is 0 Å². The molecule has 1 fully saturated rings. The summed E-state index contributed by atoms with van der Waals surface area (Å²) in [5.74, 6) is -0.749. The highest BCUT2D eigenvalue weighted by atomic mass is 19.1. The summed E-state index contributed by atoms with van der Waals surface area (Å²) in [6, 6.07) is 3.44. The number of nitrogens with one attached hydrogen (secondary N) is 2. The fourth-order valence-corrected chi connectivity index (χ4v) is 2.23. The Labute approximate surface area is 105 Å². The third-order valence-electron chi connectivity index (χ3n) is 3.11. The van der Waals surface area contributed by atoms with Crippen molar-refractivity contribution < 1.29 is 14.3 Å². The summed E-state index contributed by atoms with van der Waals surface area (Å²) in [5.41, 5.74) is 0.106. The smallest absolute Gasteiger partial charge is 0.255 e. The van der Waals surface area contributed by atoms with Gasteiger partial charge in [0.05, 0.1) is 5.56 Å². The maximum atomic E-state index is 12.8. The molecule has 2 rings (SSSR count). The molecular weight excluding hydrogens is 235 g/mol. The zero-order valence-electron chi connectivity index (χ0n) is 10.2. The summed E-state index contributed by atoms with van der Waals surface area (Å²) >= 11 is 0. The number of carbonyl (C=O) groups is 1. The lowest BCUT2D eigenvalue weighted by molar-refractivity contribution is 0.0922. The van der Waals surface area contributed by atoms with Crippen LogP contribution in [0.2, 0.25) is 0 Å². The molecule has 0 radical (unpaired) electrons. The van der Waals surface area contributed by atoms with Gasteiger partial charge in [0, 0.05) is 18.7 Å². The topological polar surface area (TPSA) is 61.4 Å². The molecule has 1 aromatic carbocycles. The van der Waals surface area contributed by atoms with E-state index in [1.54, 1.807) is 0 Å². The van der Waals surface area contributed by atoms with Gasteiger partial charge in [-0.25, -0.2) is 4.39 Å². The highest BCUT2D eigenvalue weighted by molar-refractivity contribution is 5.96. The summed E-state index contributed by atoms with van der Waals surface area (Å²) in [5, 5.41) is 15.6. The van der Waals surface area contributed by atoms with E-state index in [4.69, 9.17) is 0 Å². The lowest BCUT2D eigenvalue weighted by atomic mass is 9.97. The number of hydrogen-bond donors (Lipinski definition) is 3. The first-order chi connectivity index (χ1) is 8.56. The number of carbonyl (C=O) groups excluding carboxylic acids is 1. The van der Waals surface area contributed by atoms with E-state index in [9.17, 15) is 14.3 Å². The van der Waals surface area contributed by atoms with Crippen molar-refractivity contribution in [2.75, 3.05) is 13.1 Å². The van der Waals surface area contributed by atoms with Crippen LogP contribution in [0.5, 0.6) is 5.75 Å². The van der Waals surface area contributed by atoms with Crippen molar-refractivity contribution in [2.24, 2.45) is 5.92 Å². The van der Waals surface area contributed by atoms with E-state index in [1.807, 2.05) is 0 Å². The molecule has 0 saturated carbocycles. The van der Waals surface area contributed by atoms with Crippen molar-refractivity contribution in [2.45, 2.75) is 19.4 Å². The van der Waals surface area contributed by atoms with Crippen LogP contribution in [0.4, 0.5) is 4.39 Å². The van der Waals surface area contributed by atoms with Crippen LogP contribution in [-0.2, 0) is 0 Å². The molecule has 1 aliphatic rings. The SMILES string of the molecule is CC1CNCC(NC(=O)c2ccc(F)cc2O)C1. The van der Waals surface area contributed by atoms with Crippen LogP contribution < -0.4 is 10.6 Å². The van der Waals surface area contributed by atoms with Crippen LogP contribution in [0.15, 0.2) is 18.2 Å². The van der Waals surface area contributed by atoms with E-state index in [0.717, 1.165) is 31.6 Å². The van der Waals surface area contributed by atoms with Crippen molar-refractivity contribution in [3.05, 3.63) is 29.6 Å². The second-order valence-corrected chi connectivity index (χ2v) is 4.83. The average molecular weight is 252 g/mol. The summed E-state index contributed by atoms with van der Waals surface area (Å²) in [6.45, 7) is 3.78. The van der Waals surface area contributed by atoms with Gasteiger partial charge in [-0.3, -0.25) is 4.79 Å². The van der Waals surface area contributed by atoms with Gasteiger partial charge in [0.2, 0.25) is 0 Å². The molecule has 1 aromatic rings. The van der Waals surface area contributed by atoms with E-state index >= 15 is 0 Å². The van der Waals surface area contributed by atoms with E-state index in [-0.39, 0.29) is 23.3 Å². The van der Waals surface area contributed by atoms with Gasteiger partial charge in [0.25, 0.3) is 5.91 Å². The monoisotopic (exact) mass is 252 g/mol. The molecule has 2 unspecified atom stereocenters. The minimum atomic E-state index is -0.558. The quantitative estimate of drug-likeness (QED) is 0.742. The van der Waals surface area contributed by atoms with Gasteiger partial charge in [0.15, 0.2) is 0 Å². The fraction of sp³-hybridized carbons (Fsp3) is 0.462. The number of rotatable bonds is 2. The molecule has 18 heavy (non-hydrogen) atoms. The number of benzene rings is 1. The third kappa shape index (κ3) is 2.98. The molecule has 1 heterocycles. The summed E-state index contributed by atoms with van der Waals surface area (Å²) < 4.78 is 12.8. The van der Waals surface area contributed by atoms with Gasteiger partial charge in [0.1, 0.15) is 11.6 Å². The Bertz CT molecular complexity index is 451. The summed E-state index contributed by atoms with van der Waals surface area (Å²) in [6.07, 6.45) is 0.903. The average Bonchev–Trinajstić information content (AvgIpc) is 2.28. The second kappa shape index (κ2) is 5.35. The molecule has 1 amide bonds. The van der Waals surface area contributed by atoms with Crippen LogP contribution in [0.3, 0.4) is 0 Å². The van der Waals surface area contributed by atoms with Crippen LogP contribution in [0.25, 0.3) is 0 Å². The Hall–Kier alpha value is -1.62. The lowest BCUT2D eigenvalue weighted by Gasteiger charge is -2.28. The standard InChI is InChI=1S/C13H17FN2O2/c1-8-4-10(7-15-6-8)16-13(18)11-3-2-9(14)5-12(11)17/h2-3,5,8,10,15,17H,4,6-7H2,1H3,(H,16,18). The van der Waals surface area contributed by atoms with Crippen molar-refractivity contribution in [3.8, 4) is 5.75 Å². The first-order valence-corrected chi connectivity index (χ1v) is 6.06. The van der Waals surface area contributed by atoms with Crippen molar-refractivity contribution in [1.82, 2.24) is 10.6 Å². The van der Waals surface area contributed by atoms with Crippen LogP contribution >= 0.6 is 0 Å². The summed E-state index contributed by atoms with van der Waals surface area (Å²) in [4.78, 5) is 11.9. The Balaban J connectivity index is 2.03. The van der Waals surface area contributed by atoms with Crippen LogP contribution in [0.1, 0.15) is 23.7 Å². The third-order valence-corrected chi connectivity index (χ3v) is 3.11. The van der Waals surface area contributed by atoms with Crippen molar-refractivity contribution >= 4 is 5.91 Å². The molecule has 4 nitrogen and oxygen atoms in total. The largest absolute Gasteiger partial charge is 0.507 e. The van der Waals surface area contributed by atoms with Crippen LogP contribution in [-0.4, -0.2) is 30.1 Å². The predicted molar refractivity (Wildman–Crippen MR) is 66.0 cm³/mol.